The number of fused-ring (bicyclic) bond motifs is 8. The molecule has 1 saturated heterocycles. The number of Topliss-reactive ketones (excluding diaryl/α,β-unsaturated/α-hetero) is 6. The number of anilines is 1. The molecule has 4 atom stereocenters. The minimum atomic E-state index is -0.680. The molecule has 7 aliphatic rings. The molecule has 27 nitrogen and oxygen atoms in total. The van der Waals surface area contributed by atoms with Crippen molar-refractivity contribution in [1.82, 2.24) is 89.2 Å². The van der Waals surface area contributed by atoms with E-state index < -0.39 is 23.5 Å². The molecule has 14 rings (SSSR count). The van der Waals surface area contributed by atoms with Gasteiger partial charge in [-0.2, -0.15) is 20.4 Å². The van der Waals surface area contributed by atoms with E-state index in [1.807, 2.05) is 73.9 Å². The molecule has 7 aromatic rings. The van der Waals surface area contributed by atoms with Crippen LogP contribution in [0.4, 0.5) is 10.7 Å². The third-order valence-electron chi connectivity index (χ3n) is 23.7. The lowest BCUT2D eigenvalue weighted by Gasteiger charge is -2.35. The average Bonchev–Trinajstić information content (AvgIpc) is 1.60. The Labute approximate surface area is 745 Å². The van der Waals surface area contributed by atoms with Gasteiger partial charge in [-0.25, -0.2) is 35.2 Å². The molecule has 2 saturated carbocycles. The highest BCUT2D eigenvalue weighted by Gasteiger charge is 2.41. The number of nitrogens with one attached hydrogen (secondary N) is 1. The predicted octanol–water partition coefficient (Wildman–Crippen LogP) is 16.5. The Morgan fingerprint density at radius 1 is 0.548 bits per heavy atom. The second-order valence-electron chi connectivity index (χ2n) is 36.5. The van der Waals surface area contributed by atoms with Crippen LogP contribution in [0.5, 0.6) is 0 Å². The molecule has 0 bridgehead atoms. The number of likely N-dealkylation sites (N-methyl/N-ethyl adjacent to an activating group) is 1. The van der Waals surface area contributed by atoms with Crippen LogP contribution in [0.1, 0.15) is 321 Å². The van der Waals surface area contributed by atoms with E-state index in [0.717, 1.165) is 204 Å². The van der Waals surface area contributed by atoms with Crippen molar-refractivity contribution >= 4 is 68.2 Å². The first-order chi connectivity index (χ1) is 58.4. The number of allylic oxidation sites excluding steroid dienone is 1. The molecule has 680 valence electrons. The number of nitrogen functional groups attached to an aromatic ring is 1. The summed E-state index contributed by atoms with van der Waals surface area (Å²) in [4.78, 5) is 115. The van der Waals surface area contributed by atoms with Gasteiger partial charge in [0, 0.05) is 164 Å². The molecular formula is C95H143ClN19O8P-2. The molecule has 6 aliphatic carbocycles. The van der Waals surface area contributed by atoms with Gasteiger partial charge in [0.15, 0.2) is 11.6 Å². The minimum absolute atomic E-state index is 0. The van der Waals surface area contributed by atoms with Gasteiger partial charge in [0.2, 0.25) is 5.95 Å². The summed E-state index contributed by atoms with van der Waals surface area (Å²) in [6.07, 6.45) is 20.1. The lowest BCUT2D eigenvalue weighted by atomic mass is 9.78. The number of ether oxygens (including phenoxy) is 1. The van der Waals surface area contributed by atoms with Crippen LogP contribution in [-0.2, 0) is 102 Å². The van der Waals surface area contributed by atoms with E-state index in [0.29, 0.717) is 74.1 Å². The number of aryl methyl sites for hydroxylation is 10. The molecule has 0 radical (unpaired) electrons. The number of amides is 1. The van der Waals surface area contributed by atoms with Crippen LogP contribution in [0.15, 0.2) is 42.5 Å². The highest BCUT2D eigenvalue weighted by Crippen LogP contribution is 2.41. The van der Waals surface area contributed by atoms with E-state index in [-0.39, 0.29) is 62.1 Å². The lowest BCUT2D eigenvalue weighted by molar-refractivity contribution is -0.139. The van der Waals surface area contributed by atoms with Gasteiger partial charge in [0.05, 0.1) is 91.7 Å². The van der Waals surface area contributed by atoms with Crippen LogP contribution < -0.4 is 11.2 Å². The molecule has 1 amide bonds. The monoisotopic (exact) mass is 1740 g/mol. The number of pyridine rings is 1. The maximum atomic E-state index is 12.7. The Bertz CT molecular complexity index is 4840. The number of hydrogen-bond donors (Lipinski definition) is 2. The second-order valence-corrected chi connectivity index (χ2v) is 37.1. The molecule has 8 heterocycles. The van der Waals surface area contributed by atoms with Gasteiger partial charge in [-0.1, -0.05) is 96.1 Å². The number of halogens is 1. The van der Waals surface area contributed by atoms with E-state index in [1.54, 1.807) is 34.6 Å². The van der Waals surface area contributed by atoms with Gasteiger partial charge in [0.25, 0.3) is 0 Å². The number of ketones is 6. The Balaban J connectivity index is 0.000000190. The normalized spacial score (nSPS) is 18.4. The molecule has 1 aliphatic heterocycles. The fourth-order valence-electron chi connectivity index (χ4n) is 17.7. The van der Waals surface area contributed by atoms with E-state index in [2.05, 4.69) is 147 Å². The number of piperazine rings is 1. The topological polar surface area (TPSA) is 315 Å². The van der Waals surface area contributed by atoms with Gasteiger partial charge >= 0.3 is 6.09 Å². The fraction of sp³-hybridized carbons (Fsp3) is 0.642. The van der Waals surface area contributed by atoms with Crippen LogP contribution in [0.25, 0.3) is 22.5 Å². The standard InChI is InChI=1S/C27H37N7.C17H30N2O4.C15H23N3O.C14H19N5.C12H18N2O.C10H15ClO2.HP/c1-5-32-11-13-33(14-12-32)18-20-7-9-22(28-16-20)15-24-29-17-21-8-10-23-25(26(21)30-24)27(19(3)4)34(6-2)31-23;1-7-19(16(22)23-17(4,5)6)18-12-9-8-10-13(20)14(12)15(21)11(2)3;1-6-18-14(10(2)3)13-12(16-18)8-7-11(15(13)19)9-17(4)5;1-4-19-13(8(2)3)11-10(18-19)6-5-9-7-16-14(15)17-12(9)11;1-4-14-12(8(2)3)11-9(13-14)6-5-7-10(11)15;1-6(2)10(13)9-7(11)4-3-5-8(9)12;/h7,9,16-17,19H,5-6,8,10-15,18H2,1-4H3;11-12,14,18H,7-10H2,1-6H3;9-10H,6-8H2,1-5H3;7-8H,4-6H2,1-3H3,(H2,15,16,17);8H,4-7H2,1-3H3;6-7,9H,3-5H2,1-2H3;1H/q;;;;;;-2/b;;11-9-;;;;. The lowest BCUT2D eigenvalue weighted by Crippen LogP contribution is -2.56. The summed E-state index contributed by atoms with van der Waals surface area (Å²) in [5, 5.41) is 19.9. The number of carbonyl (C=O) groups excluding carboxylic acids is 7. The maximum absolute atomic E-state index is 12.7. The molecule has 7 aromatic heterocycles. The second kappa shape index (κ2) is 45.7. The van der Waals surface area contributed by atoms with Gasteiger partial charge in [-0.05, 0) is 185 Å². The minimum Gasteiger partial charge on any atom is -1.51 e. The Hall–Kier alpha value is -8.62. The third kappa shape index (κ3) is 25.0. The zero-order valence-electron chi connectivity index (χ0n) is 78.7. The van der Waals surface area contributed by atoms with Crippen molar-refractivity contribution in [3.63, 3.8) is 0 Å². The number of nitrogens with zero attached hydrogens (tertiary/aromatic N) is 17. The number of rotatable bonds is 21. The number of carbonyl (C=O) groups is 7. The van der Waals surface area contributed by atoms with Crippen LogP contribution in [0.3, 0.4) is 0 Å². The molecular weight excluding hydrogens is 1600 g/mol. The summed E-state index contributed by atoms with van der Waals surface area (Å²) in [5.41, 5.74) is 29.2. The van der Waals surface area contributed by atoms with E-state index in [4.69, 9.17) is 47.2 Å². The van der Waals surface area contributed by atoms with E-state index in [1.165, 1.54) is 49.9 Å². The molecule has 3 N–H and O–H groups in total. The van der Waals surface area contributed by atoms with Crippen molar-refractivity contribution in [2.75, 3.05) is 59.1 Å². The fourth-order valence-corrected chi connectivity index (χ4v) is 18.1. The number of alkyl halides is 1. The van der Waals surface area contributed by atoms with Crippen molar-refractivity contribution in [2.45, 2.75) is 322 Å². The quantitative estimate of drug-likeness (QED) is 0.0222. The van der Waals surface area contributed by atoms with Gasteiger partial charge in [-0.15, -0.1) is 11.6 Å². The molecule has 0 aromatic carbocycles. The summed E-state index contributed by atoms with van der Waals surface area (Å²) < 4.78 is 13.6. The zero-order chi connectivity index (χ0) is 90.2. The molecule has 124 heavy (non-hydrogen) atoms. The molecule has 0 spiro atoms. The Kier molecular flexibility index (Phi) is 37.1. The summed E-state index contributed by atoms with van der Waals surface area (Å²) >= 11 is 5.97. The number of hydrazine groups is 1. The first-order valence-electron chi connectivity index (χ1n) is 45.6. The molecule has 3 fully saturated rings. The predicted molar refractivity (Wildman–Crippen MR) is 493 cm³/mol. The van der Waals surface area contributed by atoms with E-state index in [9.17, 15) is 33.6 Å². The van der Waals surface area contributed by atoms with Crippen molar-refractivity contribution in [3.8, 4) is 22.5 Å². The molecule has 4 unspecified atom stereocenters. The van der Waals surface area contributed by atoms with E-state index >= 15 is 0 Å². The van der Waals surface area contributed by atoms with Gasteiger partial charge < -0.3 is 30.2 Å². The Morgan fingerprint density at radius 3 is 1.49 bits per heavy atom. The summed E-state index contributed by atoms with van der Waals surface area (Å²) in [6.45, 7) is 53.1. The summed E-state index contributed by atoms with van der Waals surface area (Å²) in [5.74, 6) is 1.58. The first kappa shape index (κ1) is 101. The van der Waals surface area contributed by atoms with Crippen molar-refractivity contribution in [3.05, 3.63) is 127 Å². The highest BCUT2D eigenvalue weighted by atomic mass is 35.5. The number of nitrogens with two attached hydrogens (primary N) is 1. The summed E-state index contributed by atoms with van der Waals surface area (Å²) in [6, 6.07) is 4.01. The molecule has 29 heteroatoms. The van der Waals surface area contributed by atoms with Gasteiger partial charge in [0.1, 0.15) is 34.6 Å². The Morgan fingerprint density at radius 2 is 1.02 bits per heavy atom. The van der Waals surface area contributed by atoms with Gasteiger partial charge in [-0.3, -0.25) is 57.4 Å². The highest BCUT2D eigenvalue weighted by molar-refractivity contribution is 6.92. The van der Waals surface area contributed by atoms with Crippen LogP contribution in [0, 0.1) is 23.7 Å². The third-order valence-corrected chi connectivity index (χ3v) is 24.2. The van der Waals surface area contributed by atoms with Crippen LogP contribution in [0.2, 0.25) is 0 Å². The average molecular weight is 1750 g/mol. The largest absolute Gasteiger partial charge is 1.51 e. The van der Waals surface area contributed by atoms with Crippen molar-refractivity contribution in [2.24, 2.45) is 23.7 Å². The summed E-state index contributed by atoms with van der Waals surface area (Å²) in [7, 11) is 3.91. The maximum Gasteiger partial charge on any atom is 0.424 e. The zero-order valence-corrected chi connectivity index (χ0v) is 80.4. The first-order valence-corrected chi connectivity index (χ1v) is 46.0. The number of hydrogen-bond acceptors (Lipinski definition) is 22. The van der Waals surface area contributed by atoms with Crippen LogP contribution >= 0.6 is 21.5 Å². The van der Waals surface area contributed by atoms with Crippen molar-refractivity contribution in [1.29, 1.82) is 0 Å². The SMILES string of the molecule is CC(C)C(=O)C1C(=O)CCCC1Cl.CCN(NC1CCCC(=O)C1C(=O)C(C)C)C(=O)OC(C)(C)C.CCN1CCN(Cc2ccc(Cc3ncc4c(n3)-c3c(nn(CC)c3C(C)C)CC4)nc2)CC1.CCn1nc2c(c1C(C)C)-c1nc(N)ncc1CC2.CCn1nc2c(c1C(C)C)C(=O)/C(=C\N(C)C)CC2.CCn1nc2c(c1C(C)C)C(=O)CCC2.[PH-2]. The van der Waals surface area contributed by atoms with Crippen molar-refractivity contribution < 1.29 is 38.3 Å². The smallest absolute Gasteiger partial charge is 0.424 e. The number of aromatic nitrogens is 13. The van der Waals surface area contributed by atoms with Crippen LogP contribution in [-0.4, -0.2) is 195 Å².